The highest BCUT2D eigenvalue weighted by atomic mass is 79.9. The van der Waals surface area contributed by atoms with Gasteiger partial charge >= 0.3 is 11.8 Å². The maximum atomic E-state index is 14.1. The number of nitrogens with one attached hydrogen (secondary N) is 3. The van der Waals surface area contributed by atoms with E-state index in [1.54, 1.807) is 6.07 Å². The van der Waals surface area contributed by atoms with Gasteiger partial charge < -0.3 is 16.0 Å². The quantitative estimate of drug-likeness (QED) is 0.388. The molecule has 2 aromatic rings. The Balaban J connectivity index is 1.58. The van der Waals surface area contributed by atoms with E-state index in [0.29, 0.717) is 0 Å². The highest BCUT2D eigenvalue weighted by Gasteiger charge is 2.46. The highest BCUT2D eigenvalue weighted by molar-refractivity contribution is 9.10. The van der Waals surface area contributed by atoms with Crippen LogP contribution in [0.5, 0.6) is 0 Å². The molecule has 0 radical (unpaired) electrons. The minimum atomic E-state index is -0.755. The number of hydrogen-bond donors (Lipinski definition) is 3. The van der Waals surface area contributed by atoms with Gasteiger partial charge in [0.2, 0.25) is 0 Å². The summed E-state index contributed by atoms with van der Waals surface area (Å²) in [4.78, 5) is 24.0. The van der Waals surface area contributed by atoms with Gasteiger partial charge in [0.05, 0.1) is 12.1 Å². The van der Waals surface area contributed by atoms with E-state index in [1.165, 1.54) is 11.6 Å². The zero-order valence-electron chi connectivity index (χ0n) is 18.1. The number of terminal acetylenes is 1. The number of benzene rings is 2. The minimum Gasteiger partial charge on any atom is -0.375 e. The summed E-state index contributed by atoms with van der Waals surface area (Å²) >= 11 is 3.41. The number of halogens is 2. The predicted molar refractivity (Wildman–Crippen MR) is 129 cm³/mol. The third-order valence-corrected chi connectivity index (χ3v) is 6.58. The van der Waals surface area contributed by atoms with Crippen molar-refractivity contribution >= 4 is 33.4 Å². The highest BCUT2D eigenvalue weighted by Crippen LogP contribution is 2.49. The first-order valence-electron chi connectivity index (χ1n) is 11.0. The molecule has 0 heterocycles. The van der Waals surface area contributed by atoms with Gasteiger partial charge in [-0.1, -0.05) is 46.1 Å². The molecule has 2 fully saturated rings. The summed E-state index contributed by atoms with van der Waals surface area (Å²) in [5, 5.41) is 8.79. The number of hydrogen-bond acceptors (Lipinski definition) is 3. The number of rotatable bonds is 7. The van der Waals surface area contributed by atoms with Crippen molar-refractivity contribution in [2.24, 2.45) is 0 Å². The molecular formula is C26H25BrFN3O2. The van der Waals surface area contributed by atoms with E-state index in [4.69, 9.17) is 6.42 Å². The van der Waals surface area contributed by atoms with Crippen LogP contribution in [0.1, 0.15) is 48.8 Å². The first-order chi connectivity index (χ1) is 15.9. The van der Waals surface area contributed by atoms with Crippen LogP contribution in [0.3, 0.4) is 0 Å². The summed E-state index contributed by atoms with van der Waals surface area (Å²) in [7, 11) is 0. The van der Waals surface area contributed by atoms with E-state index in [0.717, 1.165) is 59.0 Å². The van der Waals surface area contributed by atoms with E-state index in [9.17, 15) is 14.0 Å². The molecule has 2 aliphatic rings. The molecule has 0 aliphatic heterocycles. The maximum absolute atomic E-state index is 14.1. The van der Waals surface area contributed by atoms with E-state index >= 15 is 0 Å². The van der Waals surface area contributed by atoms with Crippen LogP contribution in [-0.4, -0.2) is 18.4 Å². The number of carbonyl (C=O) groups is 2. The van der Waals surface area contributed by atoms with Crippen molar-refractivity contribution in [3.05, 3.63) is 75.0 Å². The van der Waals surface area contributed by atoms with Gasteiger partial charge in [-0.05, 0) is 67.0 Å². The first kappa shape index (κ1) is 23.1. The van der Waals surface area contributed by atoms with Gasteiger partial charge in [-0.15, -0.1) is 6.42 Å². The maximum Gasteiger partial charge on any atom is 0.310 e. The van der Waals surface area contributed by atoms with Gasteiger partial charge in [0.25, 0.3) is 0 Å². The number of amides is 2. The Kier molecular flexibility index (Phi) is 6.85. The lowest BCUT2D eigenvalue weighted by Crippen LogP contribution is -2.39. The lowest BCUT2D eigenvalue weighted by atomic mass is 9.86. The van der Waals surface area contributed by atoms with E-state index in [2.05, 4.69) is 37.8 Å². The Morgan fingerprint density at radius 3 is 2.45 bits per heavy atom. The summed E-state index contributed by atoms with van der Waals surface area (Å²) in [6.07, 6.45) is 10.1. The van der Waals surface area contributed by atoms with Gasteiger partial charge in [-0.3, -0.25) is 9.59 Å². The topological polar surface area (TPSA) is 70.2 Å². The summed E-state index contributed by atoms with van der Waals surface area (Å²) in [6, 6.07) is 12.8. The Bertz CT molecular complexity index is 1140. The van der Waals surface area contributed by atoms with E-state index in [-0.39, 0.29) is 24.4 Å². The number of carbonyl (C=O) groups excluding carboxylic acids is 2. The second-order valence-electron chi connectivity index (χ2n) is 8.42. The minimum absolute atomic E-state index is 0.00127. The van der Waals surface area contributed by atoms with Gasteiger partial charge in [0, 0.05) is 22.3 Å². The van der Waals surface area contributed by atoms with Crippen LogP contribution in [0.15, 0.2) is 52.5 Å². The van der Waals surface area contributed by atoms with Crippen molar-refractivity contribution in [2.45, 2.75) is 44.2 Å². The summed E-state index contributed by atoms with van der Waals surface area (Å²) in [6.45, 7) is 0.205. The molecule has 0 atom stereocenters. The zero-order valence-corrected chi connectivity index (χ0v) is 19.7. The van der Waals surface area contributed by atoms with Crippen molar-refractivity contribution in [1.29, 1.82) is 0 Å². The fourth-order valence-corrected chi connectivity index (χ4v) is 4.48. The Hall–Kier alpha value is -3.11. The molecule has 0 aromatic heterocycles. The Labute approximate surface area is 201 Å². The monoisotopic (exact) mass is 509 g/mol. The van der Waals surface area contributed by atoms with Crippen LogP contribution in [0, 0.1) is 18.2 Å². The van der Waals surface area contributed by atoms with Crippen LogP contribution >= 0.6 is 15.9 Å². The average molecular weight is 510 g/mol. The Morgan fingerprint density at radius 1 is 1.09 bits per heavy atom. The van der Waals surface area contributed by atoms with Crippen molar-refractivity contribution in [1.82, 2.24) is 16.0 Å². The molecule has 33 heavy (non-hydrogen) atoms. The predicted octanol–water partition coefficient (Wildman–Crippen LogP) is 4.13. The molecule has 4 rings (SSSR count). The molecule has 0 bridgehead atoms. The molecule has 2 amide bonds. The molecule has 3 N–H and O–H groups in total. The fraction of sp³-hybridized carbons (Fsp3) is 0.308. The molecular weight excluding hydrogens is 485 g/mol. The van der Waals surface area contributed by atoms with Crippen LogP contribution in [-0.2, 0) is 21.7 Å². The van der Waals surface area contributed by atoms with Gasteiger partial charge in [0.1, 0.15) is 5.82 Å². The second kappa shape index (κ2) is 9.80. The summed E-state index contributed by atoms with van der Waals surface area (Å²) < 4.78 is 14.8. The van der Waals surface area contributed by atoms with E-state index in [1.807, 2.05) is 30.3 Å². The number of allylic oxidation sites excluding steroid dienone is 1. The average Bonchev–Trinajstić information content (AvgIpc) is 3.54. The van der Waals surface area contributed by atoms with E-state index < -0.39 is 11.8 Å². The molecule has 7 heteroatoms. The lowest BCUT2D eigenvalue weighted by molar-refractivity contribution is -0.139. The SMILES string of the molecule is C#CCNC(=O)C(=O)NCc1ccccc1C(NC1(c2cc(F)cc(Br)c2)CC1)=C1CCC1. The molecule has 170 valence electrons. The van der Waals surface area contributed by atoms with Gasteiger partial charge in [0.15, 0.2) is 0 Å². The van der Waals surface area contributed by atoms with Crippen molar-refractivity contribution in [3.63, 3.8) is 0 Å². The summed E-state index contributed by atoms with van der Waals surface area (Å²) in [5.74, 6) is 0.522. The van der Waals surface area contributed by atoms with Crippen LogP contribution in [0.2, 0.25) is 0 Å². The van der Waals surface area contributed by atoms with Crippen molar-refractivity contribution < 1.29 is 14.0 Å². The standard InChI is InChI=1S/C26H25BrFN3O2/c1-2-12-29-24(32)25(33)30-16-18-6-3-4-9-22(18)23(17-7-5-8-17)31-26(10-11-26)19-13-20(27)15-21(28)14-19/h1,3-4,6,9,13-15,31H,5,7-8,10-12,16H2,(H,29,32)(H,30,33). The molecule has 0 spiro atoms. The normalized spacial score (nSPS) is 15.6. The molecule has 5 nitrogen and oxygen atoms in total. The fourth-order valence-electron chi connectivity index (χ4n) is 4.02. The Morgan fingerprint density at radius 2 is 1.82 bits per heavy atom. The van der Waals surface area contributed by atoms with Crippen molar-refractivity contribution in [3.8, 4) is 12.3 Å². The third kappa shape index (κ3) is 5.28. The first-order valence-corrected chi connectivity index (χ1v) is 11.8. The molecule has 2 aliphatic carbocycles. The van der Waals surface area contributed by atoms with Gasteiger partial charge in [-0.2, -0.15) is 0 Å². The van der Waals surface area contributed by atoms with Crippen LogP contribution in [0.4, 0.5) is 4.39 Å². The largest absolute Gasteiger partial charge is 0.375 e. The van der Waals surface area contributed by atoms with Crippen LogP contribution in [0.25, 0.3) is 5.70 Å². The molecule has 0 saturated heterocycles. The van der Waals surface area contributed by atoms with Crippen molar-refractivity contribution in [2.75, 3.05) is 6.54 Å². The smallest absolute Gasteiger partial charge is 0.310 e. The summed E-state index contributed by atoms with van der Waals surface area (Å²) in [5.41, 5.74) is 4.85. The molecule has 2 saturated carbocycles. The third-order valence-electron chi connectivity index (χ3n) is 6.12. The molecule has 0 unspecified atom stereocenters. The van der Waals surface area contributed by atoms with Gasteiger partial charge in [-0.25, -0.2) is 4.39 Å². The second-order valence-corrected chi connectivity index (χ2v) is 9.34. The van der Waals surface area contributed by atoms with Crippen LogP contribution < -0.4 is 16.0 Å². The lowest BCUT2D eigenvalue weighted by Gasteiger charge is -2.29. The zero-order chi connectivity index (χ0) is 23.4. The molecule has 2 aromatic carbocycles.